The molecule has 0 spiro atoms. The summed E-state index contributed by atoms with van der Waals surface area (Å²) in [4.78, 5) is 24.3. The van der Waals surface area contributed by atoms with E-state index in [1.165, 1.54) is 0 Å². The molecule has 6 heteroatoms. The third kappa shape index (κ3) is 3.69. The van der Waals surface area contributed by atoms with Crippen LogP contribution in [-0.2, 0) is 6.42 Å². The molecule has 0 unspecified atom stereocenters. The Morgan fingerprint density at radius 3 is 2.58 bits per heavy atom. The summed E-state index contributed by atoms with van der Waals surface area (Å²) >= 11 is 0. The van der Waals surface area contributed by atoms with E-state index in [0.29, 0.717) is 35.4 Å². The zero-order valence-electron chi connectivity index (χ0n) is 14.6. The number of fused-ring (bicyclic) bond motifs is 1. The van der Waals surface area contributed by atoms with Crippen LogP contribution >= 0.6 is 0 Å². The van der Waals surface area contributed by atoms with Crippen LogP contribution in [0.4, 0.5) is 0 Å². The van der Waals surface area contributed by atoms with E-state index < -0.39 is 11.5 Å². The minimum atomic E-state index is -0.646. The van der Waals surface area contributed by atoms with Crippen LogP contribution in [0.3, 0.4) is 0 Å². The number of rotatable bonds is 6. The van der Waals surface area contributed by atoms with Crippen molar-refractivity contribution < 1.29 is 18.7 Å². The molecule has 1 N–H and O–H groups in total. The van der Waals surface area contributed by atoms with E-state index in [1.54, 1.807) is 38.5 Å². The van der Waals surface area contributed by atoms with Gasteiger partial charge in [0.05, 0.1) is 14.2 Å². The van der Waals surface area contributed by atoms with Crippen LogP contribution in [0.5, 0.6) is 11.5 Å². The molecule has 26 heavy (non-hydrogen) atoms. The van der Waals surface area contributed by atoms with E-state index >= 15 is 0 Å². The predicted molar refractivity (Wildman–Crippen MR) is 98.1 cm³/mol. The van der Waals surface area contributed by atoms with Gasteiger partial charge >= 0.3 is 5.63 Å². The number of carbonyl (C=O) groups is 1. The minimum absolute atomic E-state index is 0.00369. The Morgan fingerprint density at radius 2 is 1.81 bits per heavy atom. The highest BCUT2D eigenvalue weighted by Gasteiger charge is 2.13. The van der Waals surface area contributed by atoms with Gasteiger partial charge in [0.2, 0.25) is 0 Å². The van der Waals surface area contributed by atoms with Gasteiger partial charge in [-0.05, 0) is 36.2 Å². The molecule has 0 aliphatic heterocycles. The van der Waals surface area contributed by atoms with E-state index in [-0.39, 0.29) is 5.56 Å². The van der Waals surface area contributed by atoms with Gasteiger partial charge < -0.3 is 19.2 Å². The summed E-state index contributed by atoms with van der Waals surface area (Å²) in [5.41, 5.74) is 0.788. The lowest BCUT2D eigenvalue weighted by molar-refractivity contribution is 0.0950. The normalized spacial score (nSPS) is 10.5. The highest BCUT2D eigenvalue weighted by Crippen LogP contribution is 2.27. The van der Waals surface area contributed by atoms with Gasteiger partial charge in [-0.15, -0.1) is 0 Å². The number of ether oxygens (including phenoxy) is 2. The van der Waals surface area contributed by atoms with Crippen molar-refractivity contribution in [2.45, 2.75) is 6.42 Å². The maximum absolute atomic E-state index is 12.3. The van der Waals surface area contributed by atoms with Gasteiger partial charge in [-0.25, -0.2) is 4.79 Å². The highest BCUT2D eigenvalue weighted by molar-refractivity contribution is 5.96. The fourth-order valence-electron chi connectivity index (χ4n) is 2.67. The quantitative estimate of drug-likeness (QED) is 0.690. The van der Waals surface area contributed by atoms with Gasteiger partial charge in [-0.1, -0.05) is 24.3 Å². The Bertz CT molecular complexity index is 993. The Kier molecular flexibility index (Phi) is 5.22. The molecule has 2 aromatic carbocycles. The molecule has 0 atom stereocenters. The molecule has 3 rings (SSSR count). The standard InChI is InChI=1S/C20H19NO5/c1-24-17-8-7-13(11-18(17)25-2)9-10-21-19(22)15-12-14-5-3-4-6-16(14)26-20(15)23/h3-8,11-12H,9-10H2,1-2H3,(H,21,22). The summed E-state index contributed by atoms with van der Waals surface area (Å²) in [6.45, 7) is 0.376. The van der Waals surface area contributed by atoms with Gasteiger partial charge in [-0.3, -0.25) is 4.79 Å². The molecule has 0 fully saturated rings. The smallest absolute Gasteiger partial charge is 0.349 e. The SMILES string of the molecule is COc1ccc(CCNC(=O)c2cc3ccccc3oc2=O)cc1OC. The molecular weight excluding hydrogens is 334 g/mol. The average Bonchev–Trinajstić information content (AvgIpc) is 2.67. The van der Waals surface area contributed by atoms with Crippen molar-refractivity contribution in [2.24, 2.45) is 0 Å². The predicted octanol–water partition coefficient (Wildman–Crippen LogP) is 2.78. The van der Waals surface area contributed by atoms with Crippen molar-refractivity contribution in [3.05, 3.63) is 70.1 Å². The van der Waals surface area contributed by atoms with Crippen LogP contribution in [0.2, 0.25) is 0 Å². The highest BCUT2D eigenvalue weighted by atomic mass is 16.5. The molecule has 0 aliphatic carbocycles. The summed E-state index contributed by atoms with van der Waals surface area (Å²) < 4.78 is 15.7. The first-order valence-electron chi connectivity index (χ1n) is 8.14. The van der Waals surface area contributed by atoms with Gasteiger partial charge in [0.15, 0.2) is 11.5 Å². The second kappa shape index (κ2) is 7.74. The molecule has 3 aromatic rings. The van der Waals surface area contributed by atoms with E-state index in [0.717, 1.165) is 5.56 Å². The summed E-state index contributed by atoms with van der Waals surface area (Å²) in [5.74, 6) is 0.825. The minimum Gasteiger partial charge on any atom is -0.493 e. The Morgan fingerprint density at radius 1 is 1.04 bits per heavy atom. The van der Waals surface area contributed by atoms with E-state index in [2.05, 4.69) is 5.32 Å². The van der Waals surface area contributed by atoms with Gasteiger partial charge in [0.25, 0.3) is 5.91 Å². The third-order valence-corrected chi connectivity index (χ3v) is 4.03. The van der Waals surface area contributed by atoms with Crippen LogP contribution < -0.4 is 20.4 Å². The topological polar surface area (TPSA) is 77.8 Å². The maximum atomic E-state index is 12.3. The Balaban J connectivity index is 1.68. The lowest BCUT2D eigenvalue weighted by Crippen LogP contribution is -2.29. The molecular formula is C20H19NO5. The van der Waals surface area contributed by atoms with Crippen molar-refractivity contribution in [2.75, 3.05) is 20.8 Å². The molecule has 0 saturated carbocycles. The molecule has 6 nitrogen and oxygen atoms in total. The van der Waals surface area contributed by atoms with Gasteiger partial charge in [0.1, 0.15) is 11.1 Å². The van der Waals surface area contributed by atoms with Crippen LogP contribution in [0.25, 0.3) is 11.0 Å². The van der Waals surface area contributed by atoms with Crippen molar-refractivity contribution in [3.63, 3.8) is 0 Å². The third-order valence-electron chi connectivity index (χ3n) is 4.03. The second-order valence-corrected chi connectivity index (χ2v) is 5.68. The Hall–Kier alpha value is -3.28. The molecule has 1 heterocycles. The van der Waals surface area contributed by atoms with Crippen LogP contribution in [0, 0.1) is 0 Å². The molecule has 1 amide bonds. The van der Waals surface area contributed by atoms with Crippen LogP contribution in [-0.4, -0.2) is 26.7 Å². The monoisotopic (exact) mass is 353 g/mol. The summed E-state index contributed by atoms with van der Waals surface area (Å²) in [6, 6.07) is 14.2. The zero-order chi connectivity index (χ0) is 18.5. The number of hydrogen-bond donors (Lipinski definition) is 1. The van der Waals surface area contributed by atoms with Gasteiger partial charge in [0, 0.05) is 11.9 Å². The fraction of sp³-hybridized carbons (Fsp3) is 0.200. The fourth-order valence-corrected chi connectivity index (χ4v) is 2.67. The first kappa shape index (κ1) is 17.5. The molecule has 0 saturated heterocycles. The first-order chi connectivity index (χ1) is 12.6. The number of nitrogens with one attached hydrogen (secondary N) is 1. The van der Waals surface area contributed by atoms with E-state index in [4.69, 9.17) is 13.9 Å². The molecule has 1 aromatic heterocycles. The number of hydrogen-bond acceptors (Lipinski definition) is 5. The van der Waals surface area contributed by atoms with Crippen molar-refractivity contribution in [1.82, 2.24) is 5.32 Å². The summed E-state index contributed by atoms with van der Waals surface area (Å²) in [6.07, 6.45) is 0.588. The Labute approximate surface area is 150 Å². The largest absolute Gasteiger partial charge is 0.493 e. The number of carbonyl (C=O) groups excluding carboxylic acids is 1. The lowest BCUT2D eigenvalue weighted by atomic mass is 10.1. The molecule has 0 bridgehead atoms. The molecule has 134 valence electrons. The number of amides is 1. The second-order valence-electron chi connectivity index (χ2n) is 5.68. The van der Waals surface area contributed by atoms with Crippen molar-refractivity contribution in [1.29, 1.82) is 0 Å². The first-order valence-corrected chi connectivity index (χ1v) is 8.14. The van der Waals surface area contributed by atoms with E-state index in [1.807, 2.05) is 24.3 Å². The number of para-hydroxylation sites is 1. The summed E-state index contributed by atoms with van der Waals surface area (Å²) in [5, 5.41) is 3.45. The lowest BCUT2D eigenvalue weighted by Gasteiger charge is -2.10. The van der Waals surface area contributed by atoms with Crippen LogP contribution in [0.15, 0.2) is 57.7 Å². The number of benzene rings is 2. The van der Waals surface area contributed by atoms with Crippen molar-refractivity contribution >= 4 is 16.9 Å². The zero-order valence-corrected chi connectivity index (χ0v) is 14.6. The van der Waals surface area contributed by atoms with Crippen molar-refractivity contribution in [3.8, 4) is 11.5 Å². The average molecular weight is 353 g/mol. The molecule has 0 aliphatic rings. The maximum Gasteiger partial charge on any atom is 0.349 e. The summed E-state index contributed by atoms with van der Waals surface area (Å²) in [7, 11) is 3.15. The van der Waals surface area contributed by atoms with E-state index in [9.17, 15) is 9.59 Å². The molecule has 0 radical (unpaired) electrons. The van der Waals surface area contributed by atoms with Gasteiger partial charge in [-0.2, -0.15) is 0 Å². The van der Waals surface area contributed by atoms with Crippen LogP contribution in [0.1, 0.15) is 15.9 Å². The number of methoxy groups -OCH3 is 2.